The first-order valence-corrected chi connectivity index (χ1v) is 6.76. The van der Waals surface area contributed by atoms with E-state index in [-0.39, 0.29) is 13.2 Å². The van der Waals surface area contributed by atoms with Gasteiger partial charge in [-0.1, -0.05) is 6.92 Å². The first-order valence-electron chi connectivity index (χ1n) is 6.76. The molecule has 2 atom stereocenters. The van der Waals surface area contributed by atoms with E-state index in [0.717, 1.165) is 13.1 Å². The van der Waals surface area contributed by atoms with Crippen molar-refractivity contribution in [3.63, 3.8) is 0 Å². The second-order valence-electron chi connectivity index (χ2n) is 5.61. The van der Waals surface area contributed by atoms with Crippen LogP contribution in [-0.4, -0.2) is 59.5 Å². The molecule has 1 fully saturated rings. The van der Waals surface area contributed by atoms with Crippen molar-refractivity contribution in [3.05, 3.63) is 0 Å². The topological polar surface area (TPSA) is 55.7 Å². The fraction of sp³-hybridized carbons (Fsp3) is 1.00. The van der Waals surface area contributed by atoms with Gasteiger partial charge < -0.3 is 20.4 Å². The smallest absolute Gasteiger partial charge is 0.0633 e. The second-order valence-corrected chi connectivity index (χ2v) is 5.61. The van der Waals surface area contributed by atoms with Gasteiger partial charge in [-0.05, 0) is 45.7 Å². The SMILES string of the molecule is CCN1CCCC(C(C)NC(C)(CO)CO)C1. The van der Waals surface area contributed by atoms with Gasteiger partial charge in [0.1, 0.15) is 0 Å². The summed E-state index contributed by atoms with van der Waals surface area (Å²) >= 11 is 0. The molecule has 17 heavy (non-hydrogen) atoms. The van der Waals surface area contributed by atoms with Gasteiger partial charge in [0.2, 0.25) is 0 Å². The molecule has 1 aliphatic heterocycles. The highest BCUT2D eigenvalue weighted by Crippen LogP contribution is 2.21. The van der Waals surface area contributed by atoms with Crippen LogP contribution in [0.4, 0.5) is 0 Å². The molecule has 4 nitrogen and oxygen atoms in total. The number of aliphatic hydroxyl groups is 2. The zero-order valence-corrected chi connectivity index (χ0v) is 11.4. The molecule has 1 rings (SSSR count). The number of piperidine rings is 1. The summed E-state index contributed by atoms with van der Waals surface area (Å²) in [6.07, 6.45) is 2.48. The van der Waals surface area contributed by atoms with E-state index < -0.39 is 5.54 Å². The molecule has 0 aromatic carbocycles. The van der Waals surface area contributed by atoms with Crippen molar-refractivity contribution < 1.29 is 10.2 Å². The lowest BCUT2D eigenvalue weighted by Gasteiger charge is -2.39. The molecule has 2 unspecified atom stereocenters. The molecule has 4 heteroatoms. The highest BCUT2D eigenvalue weighted by atomic mass is 16.3. The van der Waals surface area contributed by atoms with Crippen LogP contribution in [-0.2, 0) is 0 Å². The summed E-state index contributed by atoms with van der Waals surface area (Å²) in [6.45, 7) is 9.61. The summed E-state index contributed by atoms with van der Waals surface area (Å²) in [6, 6.07) is 0.327. The molecule has 1 heterocycles. The normalized spacial score (nSPS) is 24.9. The third kappa shape index (κ3) is 4.21. The van der Waals surface area contributed by atoms with Crippen molar-refractivity contribution in [1.82, 2.24) is 10.2 Å². The molecular weight excluding hydrogens is 216 g/mol. The Hall–Kier alpha value is -0.160. The van der Waals surface area contributed by atoms with Gasteiger partial charge in [0.25, 0.3) is 0 Å². The van der Waals surface area contributed by atoms with Crippen LogP contribution in [0.3, 0.4) is 0 Å². The maximum Gasteiger partial charge on any atom is 0.0633 e. The minimum absolute atomic E-state index is 0.0297. The minimum atomic E-state index is -0.562. The van der Waals surface area contributed by atoms with Gasteiger partial charge >= 0.3 is 0 Å². The Labute approximate surface area is 105 Å². The molecule has 0 aromatic rings. The molecule has 0 bridgehead atoms. The van der Waals surface area contributed by atoms with Crippen LogP contribution in [0.1, 0.15) is 33.6 Å². The zero-order chi connectivity index (χ0) is 12.9. The third-order valence-electron chi connectivity index (χ3n) is 3.97. The van der Waals surface area contributed by atoms with Gasteiger partial charge in [-0.15, -0.1) is 0 Å². The maximum atomic E-state index is 9.30. The van der Waals surface area contributed by atoms with Crippen LogP contribution in [0.25, 0.3) is 0 Å². The van der Waals surface area contributed by atoms with Crippen LogP contribution >= 0.6 is 0 Å². The van der Waals surface area contributed by atoms with Crippen molar-refractivity contribution >= 4 is 0 Å². The van der Waals surface area contributed by atoms with Gasteiger partial charge in [-0.3, -0.25) is 0 Å². The number of rotatable bonds is 6. The van der Waals surface area contributed by atoms with E-state index in [2.05, 4.69) is 24.1 Å². The summed E-state index contributed by atoms with van der Waals surface area (Å²) < 4.78 is 0. The van der Waals surface area contributed by atoms with Gasteiger partial charge in [-0.2, -0.15) is 0 Å². The van der Waals surface area contributed by atoms with E-state index in [4.69, 9.17) is 0 Å². The van der Waals surface area contributed by atoms with Gasteiger partial charge in [0, 0.05) is 12.6 Å². The Morgan fingerprint density at radius 2 is 2.06 bits per heavy atom. The van der Waals surface area contributed by atoms with Crippen LogP contribution in [0.2, 0.25) is 0 Å². The van der Waals surface area contributed by atoms with E-state index in [0.29, 0.717) is 12.0 Å². The zero-order valence-electron chi connectivity index (χ0n) is 11.4. The molecule has 0 aliphatic carbocycles. The lowest BCUT2D eigenvalue weighted by atomic mass is 9.89. The molecule has 0 spiro atoms. The van der Waals surface area contributed by atoms with Crippen LogP contribution in [0.5, 0.6) is 0 Å². The van der Waals surface area contributed by atoms with Gasteiger partial charge in [0.15, 0.2) is 0 Å². The Morgan fingerprint density at radius 1 is 1.41 bits per heavy atom. The second kappa shape index (κ2) is 6.69. The summed E-state index contributed by atoms with van der Waals surface area (Å²) in [5.74, 6) is 0.612. The first kappa shape index (κ1) is 14.9. The number of hydrogen-bond acceptors (Lipinski definition) is 4. The van der Waals surface area contributed by atoms with Crippen LogP contribution in [0, 0.1) is 5.92 Å². The molecule has 0 aromatic heterocycles. The number of aliphatic hydroxyl groups excluding tert-OH is 2. The Bertz CT molecular complexity index is 219. The fourth-order valence-corrected chi connectivity index (χ4v) is 2.60. The van der Waals surface area contributed by atoms with Gasteiger partial charge in [0.05, 0.1) is 18.8 Å². The molecule has 1 aliphatic rings. The predicted molar refractivity (Wildman–Crippen MR) is 70.0 cm³/mol. The molecule has 102 valence electrons. The summed E-state index contributed by atoms with van der Waals surface area (Å²) in [7, 11) is 0. The number of nitrogens with one attached hydrogen (secondary N) is 1. The van der Waals surface area contributed by atoms with E-state index in [1.807, 2.05) is 6.92 Å². The summed E-state index contributed by atoms with van der Waals surface area (Å²) in [4.78, 5) is 2.47. The lowest BCUT2D eigenvalue weighted by Crippen LogP contribution is -2.56. The molecular formula is C13H28N2O2. The standard InChI is InChI=1S/C13H28N2O2/c1-4-15-7-5-6-12(8-15)11(2)14-13(3,9-16)10-17/h11-12,14,16-17H,4-10H2,1-3H3. The Balaban J connectivity index is 2.48. The Kier molecular flexibility index (Phi) is 5.86. The van der Waals surface area contributed by atoms with Crippen molar-refractivity contribution in [2.45, 2.75) is 45.2 Å². The monoisotopic (exact) mass is 244 g/mol. The summed E-state index contributed by atoms with van der Waals surface area (Å²) in [5, 5.41) is 22.0. The first-order chi connectivity index (χ1) is 8.04. The molecule has 0 radical (unpaired) electrons. The molecule has 0 amide bonds. The van der Waals surface area contributed by atoms with Crippen molar-refractivity contribution in [3.8, 4) is 0 Å². The predicted octanol–water partition coefficient (Wildman–Crippen LogP) is 0.440. The quantitative estimate of drug-likeness (QED) is 0.634. The molecule has 1 saturated heterocycles. The minimum Gasteiger partial charge on any atom is -0.394 e. The fourth-order valence-electron chi connectivity index (χ4n) is 2.60. The van der Waals surface area contributed by atoms with Crippen LogP contribution < -0.4 is 5.32 Å². The largest absolute Gasteiger partial charge is 0.394 e. The van der Waals surface area contributed by atoms with Crippen molar-refractivity contribution in [2.24, 2.45) is 5.92 Å². The number of hydrogen-bond donors (Lipinski definition) is 3. The van der Waals surface area contributed by atoms with Crippen molar-refractivity contribution in [1.29, 1.82) is 0 Å². The highest BCUT2D eigenvalue weighted by molar-refractivity contribution is 4.88. The number of nitrogens with zero attached hydrogens (tertiary/aromatic N) is 1. The van der Waals surface area contributed by atoms with E-state index in [1.54, 1.807) is 0 Å². The maximum absolute atomic E-state index is 9.30. The van der Waals surface area contributed by atoms with E-state index in [1.165, 1.54) is 19.4 Å². The number of likely N-dealkylation sites (tertiary alicyclic amines) is 1. The van der Waals surface area contributed by atoms with Crippen LogP contribution in [0.15, 0.2) is 0 Å². The van der Waals surface area contributed by atoms with E-state index in [9.17, 15) is 10.2 Å². The van der Waals surface area contributed by atoms with Gasteiger partial charge in [-0.25, -0.2) is 0 Å². The van der Waals surface area contributed by atoms with Crippen molar-refractivity contribution in [2.75, 3.05) is 32.8 Å². The molecule has 0 saturated carbocycles. The highest BCUT2D eigenvalue weighted by Gasteiger charge is 2.30. The molecule has 3 N–H and O–H groups in total. The summed E-state index contributed by atoms with van der Waals surface area (Å²) in [5.41, 5.74) is -0.562. The Morgan fingerprint density at radius 3 is 2.59 bits per heavy atom. The average molecular weight is 244 g/mol. The van der Waals surface area contributed by atoms with E-state index >= 15 is 0 Å². The lowest BCUT2D eigenvalue weighted by molar-refractivity contribution is 0.0746. The average Bonchev–Trinajstić information content (AvgIpc) is 2.38. The third-order valence-corrected chi connectivity index (χ3v) is 3.97.